The van der Waals surface area contributed by atoms with Gasteiger partial charge < -0.3 is 15.2 Å². The number of aromatic nitrogens is 2. The summed E-state index contributed by atoms with van der Waals surface area (Å²) in [5.74, 6) is 1.27. The first-order valence-electron chi connectivity index (χ1n) is 5.51. The van der Waals surface area contributed by atoms with Crippen LogP contribution in [0.5, 0.6) is 11.6 Å². The van der Waals surface area contributed by atoms with E-state index >= 15 is 0 Å². The normalized spacial score (nSPS) is 11.9. The van der Waals surface area contributed by atoms with Gasteiger partial charge in [-0.15, -0.1) is 10.2 Å². The molecule has 5 nitrogen and oxygen atoms in total. The number of benzene rings is 1. The zero-order valence-corrected chi connectivity index (χ0v) is 10.3. The molecule has 0 saturated heterocycles. The molecule has 0 aliphatic carbocycles. The smallest absolute Gasteiger partial charge is 0.233 e. The highest BCUT2D eigenvalue weighted by Gasteiger charge is 2.11. The molecule has 0 aliphatic heterocycles. The second-order valence-electron chi connectivity index (χ2n) is 3.75. The molecule has 2 rings (SSSR count). The van der Waals surface area contributed by atoms with Gasteiger partial charge in [-0.3, -0.25) is 0 Å². The molecule has 0 saturated carbocycles. The number of hydrogen-bond acceptors (Lipinski definition) is 5. The van der Waals surface area contributed by atoms with E-state index in [1.54, 1.807) is 26.4 Å². The molecule has 5 heteroatoms. The monoisotopic (exact) mass is 245 g/mol. The molecule has 0 aliphatic rings. The molecule has 1 aromatic heterocycles. The van der Waals surface area contributed by atoms with E-state index in [9.17, 15) is 0 Å². The molecule has 2 aromatic rings. The zero-order valence-electron chi connectivity index (χ0n) is 10.3. The van der Waals surface area contributed by atoms with Gasteiger partial charge in [-0.2, -0.15) is 0 Å². The summed E-state index contributed by atoms with van der Waals surface area (Å²) in [6.45, 7) is 0. The topological polar surface area (TPSA) is 70.3 Å². The van der Waals surface area contributed by atoms with Crippen LogP contribution < -0.4 is 15.2 Å². The van der Waals surface area contributed by atoms with Crippen LogP contribution in [0.15, 0.2) is 36.4 Å². The van der Waals surface area contributed by atoms with Crippen LogP contribution in [-0.2, 0) is 0 Å². The van der Waals surface area contributed by atoms with Crippen molar-refractivity contribution in [3.63, 3.8) is 0 Å². The third-order valence-electron chi connectivity index (χ3n) is 2.66. The van der Waals surface area contributed by atoms with Crippen LogP contribution in [0.4, 0.5) is 0 Å². The molecule has 0 spiro atoms. The molecule has 1 unspecified atom stereocenters. The summed E-state index contributed by atoms with van der Waals surface area (Å²) in [6, 6.07) is 10.8. The first-order chi connectivity index (χ1) is 8.74. The van der Waals surface area contributed by atoms with Crippen molar-refractivity contribution in [3.8, 4) is 11.6 Å². The maximum atomic E-state index is 6.12. The lowest BCUT2D eigenvalue weighted by atomic mass is 10.0. The van der Waals surface area contributed by atoms with Gasteiger partial charge in [-0.25, -0.2) is 0 Å². The number of hydrogen-bond donors (Lipinski definition) is 1. The van der Waals surface area contributed by atoms with E-state index in [-0.39, 0.29) is 6.04 Å². The van der Waals surface area contributed by atoms with Gasteiger partial charge in [0.2, 0.25) is 5.88 Å². The van der Waals surface area contributed by atoms with Crippen LogP contribution in [0.2, 0.25) is 0 Å². The lowest BCUT2D eigenvalue weighted by molar-refractivity contribution is 0.390. The summed E-state index contributed by atoms with van der Waals surface area (Å²) in [6.07, 6.45) is 0. The molecule has 0 fully saturated rings. The van der Waals surface area contributed by atoms with Crippen LogP contribution in [0, 0.1) is 0 Å². The van der Waals surface area contributed by atoms with E-state index in [0.717, 1.165) is 11.3 Å². The molecule has 18 heavy (non-hydrogen) atoms. The van der Waals surface area contributed by atoms with Crippen LogP contribution in [0.25, 0.3) is 0 Å². The predicted molar refractivity (Wildman–Crippen MR) is 67.6 cm³/mol. The summed E-state index contributed by atoms with van der Waals surface area (Å²) < 4.78 is 10.1. The number of ether oxygens (including phenoxy) is 2. The summed E-state index contributed by atoms with van der Waals surface area (Å²) in [4.78, 5) is 0. The molecule has 0 bridgehead atoms. The summed E-state index contributed by atoms with van der Waals surface area (Å²) in [7, 11) is 3.18. The van der Waals surface area contributed by atoms with Gasteiger partial charge in [0, 0.05) is 6.07 Å². The van der Waals surface area contributed by atoms with E-state index in [2.05, 4.69) is 10.2 Å². The Bertz CT molecular complexity index is 449. The Morgan fingerprint density at radius 2 is 1.67 bits per heavy atom. The van der Waals surface area contributed by atoms with E-state index < -0.39 is 0 Å². The SMILES string of the molecule is COc1ccc(C(N)c2ccc(OC)nn2)cc1. The van der Waals surface area contributed by atoms with E-state index in [0.29, 0.717) is 11.6 Å². The third kappa shape index (κ3) is 2.57. The van der Waals surface area contributed by atoms with Crippen molar-refractivity contribution in [1.82, 2.24) is 10.2 Å². The molecular weight excluding hydrogens is 230 g/mol. The fraction of sp³-hybridized carbons (Fsp3) is 0.231. The Hall–Kier alpha value is -2.14. The van der Waals surface area contributed by atoms with Gasteiger partial charge in [-0.05, 0) is 23.8 Å². The molecule has 94 valence electrons. The minimum atomic E-state index is -0.311. The highest BCUT2D eigenvalue weighted by Crippen LogP contribution is 2.20. The standard InChI is InChI=1S/C13H15N3O2/c1-17-10-5-3-9(4-6-10)13(14)11-7-8-12(18-2)16-15-11/h3-8,13H,14H2,1-2H3. The molecule has 1 aromatic carbocycles. The lowest BCUT2D eigenvalue weighted by Crippen LogP contribution is -2.14. The average Bonchev–Trinajstić information content (AvgIpc) is 2.47. The van der Waals surface area contributed by atoms with Gasteiger partial charge in [0.15, 0.2) is 0 Å². The van der Waals surface area contributed by atoms with Crippen molar-refractivity contribution in [3.05, 3.63) is 47.7 Å². The van der Waals surface area contributed by atoms with Crippen molar-refractivity contribution in [2.24, 2.45) is 5.73 Å². The number of methoxy groups -OCH3 is 2. The molecule has 2 N–H and O–H groups in total. The van der Waals surface area contributed by atoms with Crippen molar-refractivity contribution >= 4 is 0 Å². The molecule has 1 atom stereocenters. The Morgan fingerprint density at radius 1 is 0.944 bits per heavy atom. The molecule has 1 heterocycles. The van der Waals surface area contributed by atoms with E-state index in [4.69, 9.17) is 15.2 Å². The van der Waals surface area contributed by atoms with Crippen LogP contribution in [0.3, 0.4) is 0 Å². The zero-order chi connectivity index (χ0) is 13.0. The van der Waals surface area contributed by atoms with Crippen LogP contribution in [-0.4, -0.2) is 24.4 Å². The Kier molecular flexibility index (Phi) is 3.74. The predicted octanol–water partition coefficient (Wildman–Crippen LogP) is 1.54. The second kappa shape index (κ2) is 5.46. The van der Waals surface area contributed by atoms with Crippen molar-refractivity contribution in [2.75, 3.05) is 14.2 Å². The van der Waals surface area contributed by atoms with Gasteiger partial charge in [-0.1, -0.05) is 12.1 Å². The van der Waals surface area contributed by atoms with Crippen molar-refractivity contribution in [1.29, 1.82) is 0 Å². The first kappa shape index (κ1) is 12.3. The molecule has 0 radical (unpaired) electrons. The molecule has 0 amide bonds. The lowest BCUT2D eigenvalue weighted by Gasteiger charge is -2.11. The molecular formula is C13H15N3O2. The van der Waals surface area contributed by atoms with Gasteiger partial charge in [0.25, 0.3) is 0 Å². The Balaban J connectivity index is 2.20. The summed E-state index contributed by atoms with van der Waals surface area (Å²) in [5.41, 5.74) is 7.76. The maximum absolute atomic E-state index is 6.12. The van der Waals surface area contributed by atoms with Crippen LogP contribution >= 0.6 is 0 Å². The third-order valence-corrected chi connectivity index (χ3v) is 2.66. The van der Waals surface area contributed by atoms with Crippen LogP contribution in [0.1, 0.15) is 17.3 Å². The van der Waals surface area contributed by atoms with Gasteiger partial charge in [0.1, 0.15) is 5.75 Å². The highest BCUT2D eigenvalue weighted by molar-refractivity contribution is 5.32. The Labute approximate surface area is 106 Å². The van der Waals surface area contributed by atoms with E-state index in [1.807, 2.05) is 24.3 Å². The van der Waals surface area contributed by atoms with Crippen molar-refractivity contribution in [2.45, 2.75) is 6.04 Å². The second-order valence-corrected chi connectivity index (χ2v) is 3.75. The number of nitrogens with zero attached hydrogens (tertiary/aromatic N) is 2. The van der Waals surface area contributed by atoms with Crippen molar-refractivity contribution < 1.29 is 9.47 Å². The summed E-state index contributed by atoms with van der Waals surface area (Å²) in [5, 5.41) is 7.94. The first-order valence-corrected chi connectivity index (χ1v) is 5.51. The quantitative estimate of drug-likeness (QED) is 0.884. The Morgan fingerprint density at radius 3 is 2.17 bits per heavy atom. The largest absolute Gasteiger partial charge is 0.497 e. The van der Waals surface area contributed by atoms with Gasteiger partial charge >= 0.3 is 0 Å². The summed E-state index contributed by atoms with van der Waals surface area (Å²) >= 11 is 0. The number of nitrogens with two attached hydrogens (primary N) is 1. The van der Waals surface area contributed by atoms with E-state index in [1.165, 1.54) is 0 Å². The fourth-order valence-corrected chi connectivity index (χ4v) is 1.59. The minimum absolute atomic E-state index is 0.311. The number of rotatable bonds is 4. The highest BCUT2D eigenvalue weighted by atomic mass is 16.5. The maximum Gasteiger partial charge on any atom is 0.233 e. The van der Waals surface area contributed by atoms with Gasteiger partial charge in [0.05, 0.1) is 26.0 Å². The fourth-order valence-electron chi connectivity index (χ4n) is 1.59. The minimum Gasteiger partial charge on any atom is -0.497 e. The average molecular weight is 245 g/mol.